The second-order valence-electron chi connectivity index (χ2n) is 7.56. The standard InChI is InChI=1S/C22H19Cl2N3O3/c1-30-12-2-3-13-15(9-25-17(13)8-12)22-11-27(19(29)10-28)7-6-18(22)26-21-14(22)4-5-16(23)20(21)24/h2-5,8-9,25,28H,6-7,10-11H2,1H3. The first-order valence-electron chi connectivity index (χ1n) is 9.60. The van der Waals surface area contributed by atoms with Crippen molar-refractivity contribution in [2.24, 2.45) is 4.99 Å². The number of aromatic amines is 1. The van der Waals surface area contributed by atoms with Gasteiger partial charge in [0.05, 0.1) is 28.3 Å². The number of nitrogens with zero attached hydrogens (tertiary/aromatic N) is 2. The zero-order valence-corrected chi connectivity index (χ0v) is 17.7. The molecule has 3 aromatic rings. The molecule has 8 heteroatoms. The molecule has 154 valence electrons. The van der Waals surface area contributed by atoms with E-state index >= 15 is 0 Å². The van der Waals surface area contributed by atoms with Crippen molar-refractivity contribution in [3.8, 4) is 5.75 Å². The highest BCUT2D eigenvalue weighted by Crippen LogP contribution is 2.53. The van der Waals surface area contributed by atoms with Gasteiger partial charge in [0.15, 0.2) is 0 Å². The predicted molar refractivity (Wildman–Crippen MR) is 117 cm³/mol. The number of aromatic nitrogens is 1. The van der Waals surface area contributed by atoms with Gasteiger partial charge in [0.25, 0.3) is 0 Å². The number of methoxy groups -OCH3 is 1. The number of piperidine rings is 1. The molecule has 30 heavy (non-hydrogen) atoms. The van der Waals surface area contributed by atoms with Crippen molar-refractivity contribution >= 4 is 51.4 Å². The molecule has 0 aliphatic carbocycles. The van der Waals surface area contributed by atoms with Crippen LogP contribution in [0.4, 0.5) is 5.69 Å². The predicted octanol–water partition coefficient (Wildman–Crippen LogP) is 4.08. The number of halogens is 2. The maximum atomic E-state index is 12.4. The van der Waals surface area contributed by atoms with Gasteiger partial charge in [0.2, 0.25) is 5.91 Å². The quantitative estimate of drug-likeness (QED) is 0.639. The van der Waals surface area contributed by atoms with E-state index in [4.69, 9.17) is 32.9 Å². The minimum Gasteiger partial charge on any atom is -0.497 e. The number of nitrogens with one attached hydrogen (secondary N) is 1. The van der Waals surface area contributed by atoms with Gasteiger partial charge >= 0.3 is 0 Å². The van der Waals surface area contributed by atoms with Gasteiger partial charge in [-0.15, -0.1) is 0 Å². The largest absolute Gasteiger partial charge is 0.497 e. The summed E-state index contributed by atoms with van der Waals surface area (Å²) in [4.78, 5) is 22.3. The van der Waals surface area contributed by atoms with Gasteiger partial charge in [-0.05, 0) is 29.3 Å². The Bertz CT molecular complexity index is 1220. The van der Waals surface area contributed by atoms with Crippen molar-refractivity contribution in [2.75, 3.05) is 26.8 Å². The Balaban J connectivity index is 1.78. The number of aliphatic hydroxyl groups is 1. The Morgan fingerprint density at radius 3 is 2.90 bits per heavy atom. The number of carbonyl (C=O) groups excluding carboxylic acids is 1. The number of carbonyl (C=O) groups is 1. The molecule has 1 amide bonds. The first-order valence-corrected chi connectivity index (χ1v) is 10.4. The smallest absolute Gasteiger partial charge is 0.248 e. The van der Waals surface area contributed by atoms with E-state index in [9.17, 15) is 9.90 Å². The third-order valence-corrected chi connectivity index (χ3v) is 6.95. The number of fused-ring (bicyclic) bond motifs is 4. The average Bonchev–Trinajstić information content (AvgIpc) is 3.34. The van der Waals surface area contributed by atoms with Crippen molar-refractivity contribution in [3.63, 3.8) is 0 Å². The highest BCUT2D eigenvalue weighted by atomic mass is 35.5. The lowest BCUT2D eigenvalue weighted by molar-refractivity contribution is -0.134. The van der Waals surface area contributed by atoms with E-state index in [1.807, 2.05) is 30.5 Å². The Kier molecular flexibility index (Phi) is 4.54. The van der Waals surface area contributed by atoms with Crippen molar-refractivity contribution in [1.29, 1.82) is 0 Å². The summed E-state index contributed by atoms with van der Waals surface area (Å²) in [6, 6.07) is 9.57. The zero-order chi connectivity index (χ0) is 21.0. The molecule has 6 nitrogen and oxygen atoms in total. The van der Waals surface area contributed by atoms with Gasteiger partial charge in [0, 0.05) is 48.4 Å². The van der Waals surface area contributed by atoms with Crippen LogP contribution in [0, 0.1) is 0 Å². The summed E-state index contributed by atoms with van der Waals surface area (Å²) in [5.74, 6) is 0.452. The molecule has 2 aliphatic rings. The van der Waals surface area contributed by atoms with Crippen LogP contribution < -0.4 is 4.74 Å². The molecule has 1 saturated heterocycles. The van der Waals surface area contributed by atoms with Gasteiger partial charge in [-0.2, -0.15) is 0 Å². The minimum atomic E-state index is -0.667. The van der Waals surface area contributed by atoms with Gasteiger partial charge in [-0.25, -0.2) is 0 Å². The second-order valence-corrected chi connectivity index (χ2v) is 8.34. The molecular weight excluding hydrogens is 425 g/mol. The molecule has 0 radical (unpaired) electrons. The highest BCUT2D eigenvalue weighted by Gasteiger charge is 2.51. The van der Waals surface area contributed by atoms with E-state index in [0.717, 1.165) is 33.5 Å². The monoisotopic (exact) mass is 443 g/mol. The second kappa shape index (κ2) is 7.01. The van der Waals surface area contributed by atoms with E-state index < -0.39 is 12.0 Å². The zero-order valence-electron chi connectivity index (χ0n) is 16.2. The van der Waals surface area contributed by atoms with Crippen LogP contribution in [0.3, 0.4) is 0 Å². The van der Waals surface area contributed by atoms with Crippen molar-refractivity contribution < 1.29 is 14.6 Å². The number of benzene rings is 2. The molecule has 1 atom stereocenters. The maximum absolute atomic E-state index is 12.4. The lowest BCUT2D eigenvalue weighted by Crippen LogP contribution is -2.54. The summed E-state index contributed by atoms with van der Waals surface area (Å²) in [7, 11) is 1.63. The molecule has 5 rings (SSSR count). The van der Waals surface area contributed by atoms with E-state index in [1.54, 1.807) is 18.1 Å². The van der Waals surface area contributed by atoms with Crippen LogP contribution in [0.25, 0.3) is 10.9 Å². The van der Waals surface area contributed by atoms with Crippen LogP contribution in [0.5, 0.6) is 5.75 Å². The number of hydrogen-bond acceptors (Lipinski definition) is 4. The van der Waals surface area contributed by atoms with E-state index in [2.05, 4.69) is 4.98 Å². The molecule has 0 saturated carbocycles. The van der Waals surface area contributed by atoms with Crippen LogP contribution in [-0.4, -0.2) is 53.4 Å². The molecule has 0 bridgehead atoms. The minimum absolute atomic E-state index is 0.302. The average molecular weight is 444 g/mol. The lowest BCUT2D eigenvalue weighted by Gasteiger charge is -2.41. The van der Waals surface area contributed by atoms with Crippen LogP contribution in [0.15, 0.2) is 41.5 Å². The number of aliphatic imine (C=N–C) groups is 1. The third kappa shape index (κ3) is 2.61. The van der Waals surface area contributed by atoms with Gasteiger partial charge in [0.1, 0.15) is 12.4 Å². The Morgan fingerprint density at radius 1 is 1.30 bits per heavy atom. The van der Waals surface area contributed by atoms with E-state index in [1.165, 1.54) is 0 Å². The summed E-state index contributed by atoms with van der Waals surface area (Å²) in [5.41, 5.74) is 3.78. The molecule has 1 unspecified atom stereocenters. The SMILES string of the molecule is COc1ccc2c(C34CN(C(=O)CO)CCC3=Nc3c4ccc(Cl)c3Cl)c[nH]c2c1. The number of likely N-dealkylation sites (tertiary alicyclic amines) is 1. The summed E-state index contributed by atoms with van der Waals surface area (Å²) < 4.78 is 5.35. The summed E-state index contributed by atoms with van der Waals surface area (Å²) in [5, 5.41) is 11.3. The van der Waals surface area contributed by atoms with Crippen LogP contribution in [0.1, 0.15) is 17.5 Å². The molecule has 1 fully saturated rings. The van der Waals surface area contributed by atoms with Crippen LogP contribution in [0.2, 0.25) is 10.0 Å². The van der Waals surface area contributed by atoms with Crippen LogP contribution in [-0.2, 0) is 10.2 Å². The highest BCUT2D eigenvalue weighted by molar-refractivity contribution is 6.44. The topological polar surface area (TPSA) is 77.9 Å². The molecule has 2 aliphatic heterocycles. The Labute approximate surface area is 183 Å². The molecular formula is C22H19Cl2N3O3. The summed E-state index contributed by atoms with van der Waals surface area (Å²) >= 11 is 12.8. The van der Waals surface area contributed by atoms with Gasteiger partial charge in [-0.3, -0.25) is 9.79 Å². The van der Waals surface area contributed by atoms with Gasteiger partial charge in [-0.1, -0.05) is 29.3 Å². The number of amides is 1. The van der Waals surface area contributed by atoms with Crippen molar-refractivity contribution in [2.45, 2.75) is 11.8 Å². The number of H-pyrrole nitrogens is 1. The summed E-state index contributed by atoms with van der Waals surface area (Å²) in [6.07, 6.45) is 2.54. The molecule has 3 heterocycles. The molecule has 2 N–H and O–H groups in total. The van der Waals surface area contributed by atoms with E-state index in [0.29, 0.717) is 35.2 Å². The van der Waals surface area contributed by atoms with Crippen LogP contribution >= 0.6 is 23.2 Å². The lowest BCUT2D eigenvalue weighted by atomic mass is 9.69. The van der Waals surface area contributed by atoms with Gasteiger partial charge < -0.3 is 19.7 Å². The van der Waals surface area contributed by atoms with Crippen molar-refractivity contribution in [3.05, 3.63) is 57.7 Å². The normalized spacial score (nSPS) is 20.1. The van der Waals surface area contributed by atoms with E-state index in [-0.39, 0.29) is 5.91 Å². The number of ether oxygens (including phenoxy) is 1. The fourth-order valence-electron chi connectivity index (χ4n) is 4.72. The first kappa shape index (κ1) is 19.4. The Morgan fingerprint density at radius 2 is 2.13 bits per heavy atom. The number of aliphatic hydroxyl groups excluding tert-OH is 1. The first-order chi connectivity index (χ1) is 14.5. The Hall–Kier alpha value is -2.54. The maximum Gasteiger partial charge on any atom is 0.248 e. The molecule has 0 spiro atoms. The third-order valence-electron chi connectivity index (χ3n) is 6.15. The van der Waals surface area contributed by atoms with Crippen molar-refractivity contribution in [1.82, 2.24) is 9.88 Å². The fraction of sp³-hybridized carbons (Fsp3) is 0.273. The number of rotatable bonds is 3. The number of hydrogen-bond donors (Lipinski definition) is 2. The summed E-state index contributed by atoms with van der Waals surface area (Å²) in [6.45, 7) is 0.340. The molecule has 2 aromatic carbocycles. The molecule has 1 aromatic heterocycles. The fourth-order valence-corrected chi connectivity index (χ4v) is 5.07.